The fourth-order valence-corrected chi connectivity index (χ4v) is 10.8. The van der Waals surface area contributed by atoms with E-state index in [4.69, 9.17) is 2.74 Å². The molecule has 0 aromatic heterocycles. The van der Waals surface area contributed by atoms with Crippen LogP contribution in [0.3, 0.4) is 0 Å². The van der Waals surface area contributed by atoms with E-state index in [9.17, 15) is 65.9 Å². The van der Waals surface area contributed by atoms with Gasteiger partial charge in [0.25, 0.3) is 0 Å². The summed E-state index contributed by atoms with van der Waals surface area (Å²) in [6.07, 6.45) is -3.05. The third kappa shape index (κ3) is 66.0. The van der Waals surface area contributed by atoms with Crippen LogP contribution in [0.15, 0.2) is 0 Å². The van der Waals surface area contributed by atoms with Crippen molar-refractivity contribution < 1.29 is 68.6 Å². The highest BCUT2D eigenvalue weighted by Gasteiger charge is 2.48. The largest absolute Gasteiger partial charge is 0.392 e. The van der Waals surface area contributed by atoms with Gasteiger partial charge < -0.3 is 0 Å². The molecule has 0 saturated heterocycles. The van der Waals surface area contributed by atoms with Crippen LogP contribution in [0.25, 0.3) is 0 Å². The Labute approximate surface area is 557 Å². The predicted molar refractivity (Wildman–Crippen MR) is 366 cm³/mol. The Kier molecular flexibility index (Phi) is 55.5. The first-order valence-corrected chi connectivity index (χ1v) is 35.7. The Morgan fingerprint density at radius 2 is 0.692 bits per heavy atom. The summed E-state index contributed by atoms with van der Waals surface area (Å²) in [5, 5.41) is 0. The van der Waals surface area contributed by atoms with E-state index < -0.39 is 66.8 Å². The van der Waals surface area contributed by atoms with Gasteiger partial charge in [-0.05, 0) is 146 Å². The first-order valence-electron chi connectivity index (χ1n) is 36.7. The van der Waals surface area contributed by atoms with Crippen LogP contribution in [-0.4, -0.2) is 30.9 Å². The average Bonchev–Trinajstić information content (AvgIpc) is 1.82. The summed E-state index contributed by atoms with van der Waals surface area (Å²) in [6, 6.07) is 0. The molecule has 0 heterocycles. The number of rotatable bonds is 8. The Hall–Kier alpha value is -1.05. The highest BCUT2D eigenvalue weighted by atomic mass is 19.4. The molecule has 0 amide bonds. The summed E-state index contributed by atoms with van der Waals surface area (Å²) < 4.78 is 194. The van der Waals surface area contributed by atoms with Gasteiger partial charge in [0.1, 0.15) is 0 Å². The molecule has 4 aliphatic rings. The van der Waals surface area contributed by atoms with Gasteiger partial charge in [0, 0.05) is 2.74 Å². The summed E-state index contributed by atoms with van der Waals surface area (Å²) in [5.41, 5.74) is 0.872. The molecular formula is C76H151F15. The third-order valence-electron chi connectivity index (χ3n) is 18.1. The Morgan fingerprint density at radius 3 is 0.835 bits per heavy atom. The standard InChI is InChI=1S/2C9H15F3.C8H13F3.C8H16.2C7H16.C6H11F3.2C6H14.C5H9F3.C5H12/c1-6-3-7(2)5-8(4-6)9(10,11)12;1-6-4-3-5-8(7(6)2)9(10,11)12;1-5-3-6(2)7(4-5)8(9,10)11;1-6-4-5-7(2)8(6)3;2*1-5-6-7(2,3)4;1-3-4-5(2)6(7,8)9;1-5-6(2,3)4;1-4-5-6(2)3;1-3-4(2)5(6,7)8;1-4-5(2)3/h2*6-8H,3-5H2,1-2H3;5-7H,3-4H2,1-2H3;6-8H,4-5H2,1-3H3;2*5-6H2,1-4H3;5H,3-4H2,1-2H3;5H2,1-4H3;6H,4-5H2,1-3H3;4H,3H2,1-2H3;5H,4H2,1-3H3/t6-,7?,8?;6?,7-,8?;5-,6?,7?;;;;;;;;/m010......../s1/i;;;;;;;5D2;;;. The fourth-order valence-electron chi connectivity index (χ4n) is 10.8. The molecule has 10 unspecified atom stereocenters. The lowest BCUT2D eigenvalue weighted by molar-refractivity contribution is -0.199. The molecule has 0 aromatic carbocycles. The molecule has 15 heteroatoms. The molecule has 4 aliphatic carbocycles. The summed E-state index contributed by atoms with van der Waals surface area (Å²) in [4.78, 5) is 0. The van der Waals surface area contributed by atoms with Crippen LogP contribution in [-0.2, 0) is 0 Å². The molecule has 0 nitrogen and oxygen atoms in total. The average molecular weight is 1350 g/mol. The van der Waals surface area contributed by atoms with E-state index in [0.717, 1.165) is 55.3 Å². The van der Waals surface area contributed by atoms with Gasteiger partial charge in [0.15, 0.2) is 0 Å². The first-order chi connectivity index (χ1) is 41.3. The molecule has 91 heavy (non-hydrogen) atoms. The molecule has 0 aromatic rings. The lowest BCUT2D eigenvalue weighted by Crippen LogP contribution is -2.35. The predicted octanol–water partition coefficient (Wildman–Crippen LogP) is 31.3. The van der Waals surface area contributed by atoms with Crippen LogP contribution in [0.4, 0.5) is 65.9 Å². The van der Waals surface area contributed by atoms with Crippen LogP contribution in [0.2, 0.25) is 0 Å². The number of hydrogen-bond acceptors (Lipinski definition) is 0. The fraction of sp³-hybridized carbons (Fsp3) is 1.00. The molecule has 4 saturated carbocycles. The van der Waals surface area contributed by atoms with E-state index in [0.29, 0.717) is 42.9 Å². The molecule has 0 aliphatic heterocycles. The molecule has 560 valence electrons. The number of hydrogen-bond donors (Lipinski definition) is 0. The van der Waals surface area contributed by atoms with Gasteiger partial charge in [-0.25, -0.2) is 0 Å². The van der Waals surface area contributed by atoms with Crippen LogP contribution in [0, 0.1) is 111 Å². The number of alkyl halides is 15. The summed E-state index contributed by atoms with van der Waals surface area (Å²) >= 11 is 0. The molecule has 13 atom stereocenters. The van der Waals surface area contributed by atoms with Crippen molar-refractivity contribution in [3.63, 3.8) is 0 Å². The van der Waals surface area contributed by atoms with Crippen molar-refractivity contribution in [2.24, 2.45) is 111 Å². The topological polar surface area (TPSA) is 0 Å². The minimum Gasteiger partial charge on any atom is -0.171 e. The van der Waals surface area contributed by atoms with Crippen LogP contribution in [0.1, 0.15) is 352 Å². The SMILES string of the molecule is CC1CC(C(F)(F)F)C[C@@H](C)C1.CC1CCC(C)C1C.CC1CCCC(C(F)(F)F)[C@@H]1C.CC1C[C@H](C)CC1C(F)(F)F.CCC(C)C.CCC(C)C(F)(F)F.CCCC(C)(C)C.CCCC(C)(C)C.CCCC(C)C.CCCC(C)C(F)(F)F.[2H]C([2H])(C)C(C)(C)C. The molecule has 0 spiro atoms. The van der Waals surface area contributed by atoms with Crippen molar-refractivity contribution in [3.8, 4) is 0 Å². The van der Waals surface area contributed by atoms with E-state index in [2.05, 4.69) is 118 Å². The van der Waals surface area contributed by atoms with Crippen molar-refractivity contribution >= 4 is 0 Å². The zero-order valence-electron chi connectivity index (χ0n) is 66.5. The highest BCUT2D eigenvalue weighted by molar-refractivity contribution is 4.84. The van der Waals surface area contributed by atoms with Crippen LogP contribution < -0.4 is 0 Å². The van der Waals surface area contributed by atoms with Crippen molar-refractivity contribution in [2.45, 2.75) is 380 Å². The molecule has 4 rings (SSSR count). The highest BCUT2D eigenvalue weighted by Crippen LogP contribution is 2.46. The quantitative estimate of drug-likeness (QED) is 0.213. The summed E-state index contributed by atoms with van der Waals surface area (Å²) in [5.74, 6) is -0.110. The van der Waals surface area contributed by atoms with E-state index >= 15 is 0 Å². The van der Waals surface area contributed by atoms with Gasteiger partial charge in [0.05, 0.1) is 29.6 Å². The van der Waals surface area contributed by atoms with Crippen LogP contribution >= 0.6 is 0 Å². The smallest absolute Gasteiger partial charge is 0.171 e. The van der Waals surface area contributed by atoms with E-state index in [1.807, 2.05) is 48.5 Å². The van der Waals surface area contributed by atoms with Crippen LogP contribution in [0.5, 0.6) is 0 Å². The van der Waals surface area contributed by atoms with Crippen molar-refractivity contribution in [2.75, 3.05) is 0 Å². The lowest BCUT2D eigenvalue weighted by Gasteiger charge is -2.35. The minimum absolute atomic E-state index is 0.170. The minimum atomic E-state index is -3.99. The van der Waals surface area contributed by atoms with Gasteiger partial charge >= 0.3 is 30.9 Å². The maximum atomic E-state index is 12.4. The second-order valence-electron chi connectivity index (χ2n) is 32.4. The van der Waals surface area contributed by atoms with Gasteiger partial charge in [0.2, 0.25) is 0 Å². The maximum Gasteiger partial charge on any atom is 0.392 e. The van der Waals surface area contributed by atoms with Crippen molar-refractivity contribution in [1.29, 1.82) is 0 Å². The molecule has 0 bridgehead atoms. The van der Waals surface area contributed by atoms with Gasteiger partial charge in [-0.1, -0.05) is 285 Å². The van der Waals surface area contributed by atoms with Crippen molar-refractivity contribution in [1.82, 2.24) is 0 Å². The second kappa shape index (κ2) is 51.2. The lowest BCUT2D eigenvalue weighted by atomic mass is 9.73. The molecule has 0 radical (unpaired) electrons. The first kappa shape index (κ1) is 98.6. The normalized spacial score (nSPS) is 26.3. The summed E-state index contributed by atoms with van der Waals surface area (Å²) in [7, 11) is 0. The molecule has 4 fully saturated rings. The van der Waals surface area contributed by atoms with Crippen molar-refractivity contribution in [3.05, 3.63) is 0 Å². The maximum absolute atomic E-state index is 12.4. The third-order valence-corrected chi connectivity index (χ3v) is 18.1. The zero-order chi connectivity index (χ0) is 75.9. The number of halogens is 15. The van der Waals surface area contributed by atoms with E-state index in [-0.39, 0.29) is 53.8 Å². The second-order valence-corrected chi connectivity index (χ2v) is 32.4. The van der Waals surface area contributed by atoms with Gasteiger partial charge in [-0.3, -0.25) is 0 Å². The molecular weight excluding hydrogens is 1200 g/mol. The molecule has 0 N–H and O–H groups in total. The van der Waals surface area contributed by atoms with E-state index in [1.165, 1.54) is 78.6 Å². The van der Waals surface area contributed by atoms with Gasteiger partial charge in [-0.2, -0.15) is 65.9 Å². The summed E-state index contributed by atoms with van der Waals surface area (Å²) in [6.45, 7) is 62.6. The Bertz CT molecular complexity index is 1630. The Morgan fingerprint density at radius 1 is 0.352 bits per heavy atom. The zero-order valence-corrected chi connectivity index (χ0v) is 64.5. The monoisotopic (exact) mass is 1350 g/mol. The Balaban J connectivity index is -0.000000177. The van der Waals surface area contributed by atoms with Gasteiger partial charge in [-0.15, -0.1) is 0 Å². The van der Waals surface area contributed by atoms with E-state index in [1.54, 1.807) is 27.7 Å².